The van der Waals surface area contributed by atoms with Gasteiger partial charge in [0.15, 0.2) is 5.76 Å². The number of ketones is 1. The van der Waals surface area contributed by atoms with Crippen LogP contribution in [0.2, 0.25) is 0 Å². The van der Waals surface area contributed by atoms with E-state index in [1.807, 2.05) is 0 Å². The Balaban J connectivity index is 1.79. The van der Waals surface area contributed by atoms with Crippen LogP contribution in [-0.4, -0.2) is 31.7 Å². The normalized spacial score (nSPS) is 16.8. The highest BCUT2D eigenvalue weighted by Crippen LogP contribution is 2.40. The van der Waals surface area contributed by atoms with Gasteiger partial charge >= 0.3 is 0 Å². The van der Waals surface area contributed by atoms with E-state index in [9.17, 15) is 14.7 Å². The Kier molecular flexibility index (Phi) is 4.52. The van der Waals surface area contributed by atoms with Crippen LogP contribution in [0.3, 0.4) is 0 Å². The van der Waals surface area contributed by atoms with Crippen molar-refractivity contribution < 1.29 is 14.7 Å². The average molecular weight is 377 g/mol. The Morgan fingerprint density at radius 1 is 1.11 bits per heavy atom. The molecule has 0 spiro atoms. The Morgan fingerprint density at radius 2 is 1.93 bits per heavy atom. The van der Waals surface area contributed by atoms with Crippen molar-refractivity contribution in [3.63, 3.8) is 0 Å². The lowest BCUT2D eigenvalue weighted by atomic mass is 9.96. The van der Waals surface area contributed by atoms with Gasteiger partial charge in [0.1, 0.15) is 0 Å². The first kappa shape index (κ1) is 17.1. The van der Waals surface area contributed by atoms with Crippen LogP contribution in [-0.2, 0) is 11.3 Å². The summed E-state index contributed by atoms with van der Waals surface area (Å²) in [4.78, 5) is 35.9. The van der Waals surface area contributed by atoms with Gasteiger partial charge < -0.3 is 10.0 Å². The van der Waals surface area contributed by atoms with Crippen molar-refractivity contribution in [2.45, 2.75) is 12.6 Å². The van der Waals surface area contributed by atoms with E-state index < -0.39 is 17.7 Å². The number of aliphatic hydroxyl groups is 1. The highest BCUT2D eigenvalue weighted by Gasteiger charge is 2.44. The van der Waals surface area contributed by atoms with Crippen LogP contribution < -0.4 is 0 Å². The molecule has 0 radical (unpaired) electrons. The molecular formula is C20H15N3O3S. The third-order valence-electron chi connectivity index (χ3n) is 4.40. The molecule has 1 atom stereocenters. The van der Waals surface area contributed by atoms with E-state index >= 15 is 0 Å². The monoisotopic (exact) mass is 377 g/mol. The van der Waals surface area contributed by atoms with Gasteiger partial charge in [-0.25, -0.2) is 0 Å². The summed E-state index contributed by atoms with van der Waals surface area (Å²) in [7, 11) is 0. The van der Waals surface area contributed by atoms with Crippen LogP contribution in [0.1, 0.15) is 26.8 Å². The number of hydrogen-bond acceptors (Lipinski definition) is 6. The fourth-order valence-corrected chi connectivity index (χ4v) is 3.84. The van der Waals surface area contributed by atoms with Crippen LogP contribution in [0.25, 0.3) is 0 Å². The van der Waals surface area contributed by atoms with Gasteiger partial charge in [0.25, 0.3) is 5.91 Å². The van der Waals surface area contributed by atoms with Crippen molar-refractivity contribution in [2.24, 2.45) is 0 Å². The summed E-state index contributed by atoms with van der Waals surface area (Å²) in [5.41, 5.74) is 1.61. The fourth-order valence-electron chi connectivity index (χ4n) is 3.16. The molecule has 3 aromatic rings. The van der Waals surface area contributed by atoms with E-state index in [1.165, 1.54) is 16.2 Å². The maximum Gasteiger partial charge on any atom is 0.290 e. The molecule has 0 fully saturated rings. The van der Waals surface area contributed by atoms with Gasteiger partial charge in [-0.15, -0.1) is 11.3 Å². The van der Waals surface area contributed by atoms with Crippen LogP contribution >= 0.6 is 11.3 Å². The number of carbonyl (C=O) groups is 2. The zero-order valence-corrected chi connectivity index (χ0v) is 15.0. The van der Waals surface area contributed by atoms with Crippen molar-refractivity contribution in [1.82, 2.24) is 14.9 Å². The fraction of sp³-hybridized carbons (Fsp3) is 0.100. The molecule has 0 bridgehead atoms. The van der Waals surface area contributed by atoms with Crippen LogP contribution in [0, 0.1) is 0 Å². The Labute approximate surface area is 159 Å². The average Bonchev–Trinajstić information content (AvgIpc) is 3.32. The second-order valence-electron chi connectivity index (χ2n) is 6.05. The topological polar surface area (TPSA) is 83.4 Å². The summed E-state index contributed by atoms with van der Waals surface area (Å²) in [6, 6.07) is 9.88. The standard InChI is InChI=1S/C20H15N3O3S/c24-18(15-4-2-10-27-15)16-17(14-3-1-7-22-11-14)23(20(26)19(16)25)12-13-5-8-21-9-6-13/h1-11,17,25H,12H2. The van der Waals surface area contributed by atoms with Crippen molar-refractivity contribution in [3.8, 4) is 0 Å². The molecule has 0 aromatic carbocycles. The molecule has 0 saturated carbocycles. The first-order chi connectivity index (χ1) is 13.2. The van der Waals surface area contributed by atoms with Gasteiger partial charge in [-0.1, -0.05) is 12.1 Å². The number of aliphatic hydroxyl groups excluding tert-OH is 1. The third-order valence-corrected chi connectivity index (χ3v) is 5.26. The molecule has 4 rings (SSSR count). The Morgan fingerprint density at radius 3 is 2.59 bits per heavy atom. The molecule has 0 saturated heterocycles. The first-order valence-corrected chi connectivity index (χ1v) is 9.16. The molecule has 3 aromatic heterocycles. The third kappa shape index (κ3) is 3.13. The number of hydrogen-bond donors (Lipinski definition) is 1. The van der Waals surface area contributed by atoms with Crippen LogP contribution in [0.4, 0.5) is 0 Å². The highest BCUT2D eigenvalue weighted by atomic mass is 32.1. The first-order valence-electron chi connectivity index (χ1n) is 8.28. The van der Waals surface area contributed by atoms with Gasteiger partial charge in [-0.3, -0.25) is 19.6 Å². The number of Topliss-reactive ketones (excluding diaryl/α,β-unsaturated/α-hetero) is 1. The van der Waals surface area contributed by atoms with Gasteiger partial charge in [-0.05, 0) is 40.8 Å². The summed E-state index contributed by atoms with van der Waals surface area (Å²) < 4.78 is 0. The van der Waals surface area contributed by atoms with Gasteiger partial charge in [0.05, 0.1) is 16.5 Å². The number of nitrogens with zero attached hydrogens (tertiary/aromatic N) is 3. The second-order valence-corrected chi connectivity index (χ2v) is 6.99. The number of thiophene rings is 1. The van der Waals surface area contributed by atoms with Gasteiger partial charge in [0.2, 0.25) is 5.78 Å². The SMILES string of the molecule is O=C(C1=C(O)C(=O)N(Cc2ccncc2)C1c1cccnc1)c1cccs1. The highest BCUT2D eigenvalue weighted by molar-refractivity contribution is 7.12. The largest absolute Gasteiger partial charge is 0.503 e. The number of carbonyl (C=O) groups excluding carboxylic acids is 2. The summed E-state index contributed by atoms with van der Waals surface area (Å²) in [6.45, 7) is 0.242. The molecule has 7 heteroatoms. The number of amides is 1. The second kappa shape index (κ2) is 7.13. The smallest absolute Gasteiger partial charge is 0.290 e. The van der Waals surface area contributed by atoms with Crippen molar-refractivity contribution >= 4 is 23.0 Å². The lowest BCUT2D eigenvalue weighted by Crippen LogP contribution is -2.30. The zero-order valence-electron chi connectivity index (χ0n) is 14.1. The molecule has 27 heavy (non-hydrogen) atoms. The van der Waals surface area contributed by atoms with Crippen molar-refractivity contribution in [2.75, 3.05) is 0 Å². The molecule has 1 amide bonds. The summed E-state index contributed by atoms with van der Waals surface area (Å²) in [5, 5.41) is 12.3. The predicted molar refractivity (Wildman–Crippen MR) is 100 cm³/mol. The molecule has 1 aliphatic heterocycles. The van der Waals surface area contributed by atoms with E-state index in [0.29, 0.717) is 10.4 Å². The summed E-state index contributed by atoms with van der Waals surface area (Å²) in [5.74, 6) is -1.42. The van der Waals surface area contributed by atoms with Crippen LogP contribution in [0.5, 0.6) is 0 Å². The molecule has 0 aliphatic carbocycles. The summed E-state index contributed by atoms with van der Waals surface area (Å²) in [6.07, 6.45) is 6.51. The van der Waals surface area contributed by atoms with Crippen molar-refractivity contribution in [1.29, 1.82) is 0 Å². The number of pyridine rings is 2. The number of rotatable bonds is 5. The molecule has 1 aliphatic rings. The predicted octanol–water partition coefficient (Wildman–Crippen LogP) is 3.32. The van der Waals surface area contributed by atoms with E-state index in [1.54, 1.807) is 66.6 Å². The van der Waals surface area contributed by atoms with E-state index in [0.717, 1.165) is 5.56 Å². The molecule has 134 valence electrons. The van der Waals surface area contributed by atoms with Crippen LogP contribution in [0.15, 0.2) is 77.9 Å². The minimum Gasteiger partial charge on any atom is -0.503 e. The maximum atomic E-state index is 13.0. The maximum absolute atomic E-state index is 13.0. The molecular weight excluding hydrogens is 362 g/mol. The van der Waals surface area contributed by atoms with Gasteiger partial charge in [-0.2, -0.15) is 0 Å². The lowest BCUT2D eigenvalue weighted by Gasteiger charge is -2.26. The van der Waals surface area contributed by atoms with E-state index in [-0.39, 0.29) is 17.9 Å². The number of aromatic nitrogens is 2. The molecule has 1 N–H and O–H groups in total. The van der Waals surface area contributed by atoms with Crippen molar-refractivity contribution in [3.05, 3.63) is 93.9 Å². The lowest BCUT2D eigenvalue weighted by molar-refractivity contribution is -0.130. The molecule has 1 unspecified atom stereocenters. The quantitative estimate of drug-likeness (QED) is 0.690. The molecule has 6 nitrogen and oxygen atoms in total. The van der Waals surface area contributed by atoms with E-state index in [4.69, 9.17) is 0 Å². The summed E-state index contributed by atoms with van der Waals surface area (Å²) >= 11 is 1.28. The molecule has 4 heterocycles. The minimum atomic E-state index is -0.700. The zero-order chi connectivity index (χ0) is 18.8. The minimum absolute atomic E-state index is 0.0875. The van der Waals surface area contributed by atoms with Gasteiger partial charge in [0, 0.05) is 31.3 Å². The van der Waals surface area contributed by atoms with E-state index in [2.05, 4.69) is 9.97 Å². The Hall–Kier alpha value is -3.32. The Bertz CT molecular complexity index is 1000.